The van der Waals surface area contributed by atoms with Crippen LogP contribution in [0, 0.1) is 0 Å². The van der Waals surface area contributed by atoms with Gasteiger partial charge in [0.1, 0.15) is 0 Å². The molecule has 0 heterocycles. The molecule has 1 aromatic rings. The summed E-state index contributed by atoms with van der Waals surface area (Å²) < 4.78 is 1.00. The molecule has 1 aromatic carbocycles. The summed E-state index contributed by atoms with van der Waals surface area (Å²) in [5.41, 5.74) is 9.05. The lowest BCUT2D eigenvalue weighted by Crippen LogP contribution is -1.77. The molecule has 0 fully saturated rings. The number of halogens is 1. The molecule has 3 nitrogen and oxygen atoms in total. The average Bonchev–Trinajstić information content (AvgIpc) is 2.01. The predicted molar refractivity (Wildman–Crippen MR) is 53.7 cm³/mol. The quantitative estimate of drug-likeness (QED) is 0.418. The number of rotatable bonds is 2. The van der Waals surface area contributed by atoms with Gasteiger partial charge in [0, 0.05) is 9.38 Å². The van der Waals surface area contributed by atoms with E-state index >= 15 is 0 Å². The Kier molecular flexibility index (Phi) is 5.17. The maximum atomic E-state index is 8.04. The Balaban J connectivity index is 0.00000121. The van der Waals surface area contributed by atoms with E-state index in [4.69, 9.17) is 5.53 Å². The van der Waals surface area contributed by atoms with Crippen LogP contribution in [0.4, 0.5) is 0 Å². The number of benzene rings is 1. The number of azide groups is 1. The molecular formula is C8H10BrN3. The van der Waals surface area contributed by atoms with Gasteiger partial charge in [-0.2, -0.15) is 0 Å². The normalized spacial score (nSPS) is 8.08. The molecule has 0 unspecified atom stereocenters. The molecule has 0 aromatic heterocycles. The first kappa shape index (κ1) is 11.0. The van der Waals surface area contributed by atoms with Gasteiger partial charge in [-0.15, -0.1) is 0 Å². The second-order valence-corrected chi connectivity index (χ2v) is 2.93. The molecule has 0 aliphatic heterocycles. The molecular weight excluding hydrogens is 218 g/mol. The molecule has 4 heteroatoms. The van der Waals surface area contributed by atoms with Gasteiger partial charge in [0.05, 0.1) is 6.54 Å². The fraction of sp³-hybridized carbons (Fsp3) is 0.250. The van der Waals surface area contributed by atoms with Crippen molar-refractivity contribution in [2.75, 3.05) is 0 Å². The summed E-state index contributed by atoms with van der Waals surface area (Å²) in [5, 5.41) is 3.44. The topological polar surface area (TPSA) is 48.8 Å². The van der Waals surface area contributed by atoms with Gasteiger partial charge in [-0.3, -0.25) is 0 Å². The highest BCUT2D eigenvalue weighted by atomic mass is 79.9. The molecule has 64 valence electrons. The van der Waals surface area contributed by atoms with Crippen molar-refractivity contribution >= 4 is 15.9 Å². The first-order valence-electron chi connectivity index (χ1n) is 3.08. The highest BCUT2D eigenvalue weighted by Gasteiger charge is 1.89. The van der Waals surface area contributed by atoms with Crippen LogP contribution in [0.15, 0.2) is 33.9 Å². The Morgan fingerprint density at radius 2 is 2.25 bits per heavy atom. The van der Waals surface area contributed by atoms with Gasteiger partial charge in [-0.1, -0.05) is 40.6 Å². The maximum Gasteiger partial charge on any atom is 0.0511 e. The highest BCUT2D eigenvalue weighted by molar-refractivity contribution is 9.10. The van der Waals surface area contributed by atoms with E-state index in [9.17, 15) is 0 Å². The number of hydrogen-bond acceptors (Lipinski definition) is 1. The van der Waals surface area contributed by atoms with Crippen LogP contribution in [0.1, 0.15) is 13.0 Å². The molecule has 0 amide bonds. The summed E-state index contributed by atoms with van der Waals surface area (Å²) in [5.74, 6) is 0. The van der Waals surface area contributed by atoms with Crippen LogP contribution in [0.2, 0.25) is 0 Å². The van der Waals surface area contributed by atoms with Gasteiger partial charge in [0.15, 0.2) is 0 Å². The molecule has 0 aliphatic rings. The van der Waals surface area contributed by atoms with E-state index in [0.29, 0.717) is 6.54 Å². The Hall–Kier alpha value is -0.990. The van der Waals surface area contributed by atoms with E-state index in [1.807, 2.05) is 24.3 Å². The second kappa shape index (κ2) is 5.63. The Morgan fingerprint density at radius 1 is 1.50 bits per heavy atom. The summed E-state index contributed by atoms with van der Waals surface area (Å²) in [6.07, 6.45) is 0. The van der Waals surface area contributed by atoms with E-state index in [1.165, 1.54) is 0 Å². The monoisotopic (exact) mass is 227 g/mol. The highest BCUT2D eigenvalue weighted by Crippen LogP contribution is 2.11. The van der Waals surface area contributed by atoms with Crippen molar-refractivity contribution in [3.05, 3.63) is 44.7 Å². The first-order valence-corrected chi connectivity index (χ1v) is 3.87. The van der Waals surface area contributed by atoms with Gasteiger partial charge in [-0.25, -0.2) is 0 Å². The molecule has 0 saturated heterocycles. The van der Waals surface area contributed by atoms with Gasteiger partial charge in [0.2, 0.25) is 0 Å². The molecule has 0 saturated carbocycles. The zero-order chi connectivity index (χ0) is 8.10. The summed E-state index contributed by atoms with van der Waals surface area (Å²) >= 11 is 3.32. The molecule has 0 atom stereocenters. The van der Waals surface area contributed by atoms with Crippen LogP contribution in [-0.2, 0) is 6.54 Å². The predicted octanol–water partition coefficient (Wildman–Crippen LogP) is 3.90. The maximum absolute atomic E-state index is 8.04. The Morgan fingerprint density at radius 3 is 2.83 bits per heavy atom. The van der Waals surface area contributed by atoms with Gasteiger partial charge < -0.3 is 0 Å². The summed E-state index contributed by atoms with van der Waals surface area (Å²) in [4.78, 5) is 2.67. The fourth-order valence-corrected chi connectivity index (χ4v) is 1.20. The minimum absolute atomic E-state index is 0. The van der Waals surface area contributed by atoms with Crippen LogP contribution in [0.3, 0.4) is 0 Å². The number of hydrogen-bond donors (Lipinski definition) is 0. The molecule has 12 heavy (non-hydrogen) atoms. The van der Waals surface area contributed by atoms with Crippen LogP contribution < -0.4 is 0 Å². The van der Waals surface area contributed by atoms with Crippen molar-refractivity contribution in [3.8, 4) is 0 Å². The lowest BCUT2D eigenvalue weighted by Gasteiger charge is -1.94. The van der Waals surface area contributed by atoms with Crippen molar-refractivity contribution in [1.82, 2.24) is 0 Å². The third kappa shape index (κ3) is 3.42. The molecule has 0 bridgehead atoms. The van der Waals surface area contributed by atoms with Crippen LogP contribution >= 0.6 is 15.9 Å². The van der Waals surface area contributed by atoms with Crippen molar-refractivity contribution < 1.29 is 0 Å². The van der Waals surface area contributed by atoms with Crippen LogP contribution in [0.25, 0.3) is 10.4 Å². The van der Waals surface area contributed by atoms with Gasteiger partial charge in [0.25, 0.3) is 0 Å². The van der Waals surface area contributed by atoms with Crippen molar-refractivity contribution in [2.45, 2.75) is 14.0 Å². The van der Waals surface area contributed by atoms with Crippen molar-refractivity contribution in [3.63, 3.8) is 0 Å². The zero-order valence-corrected chi connectivity index (χ0v) is 7.32. The fourth-order valence-electron chi connectivity index (χ4n) is 0.749. The molecule has 0 aliphatic carbocycles. The van der Waals surface area contributed by atoms with E-state index in [-0.39, 0.29) is 7.43 Å². The lowest BCUT2D eigenvalue weighted by atomic mass is 10.2. The summed E-state index contributed by atoms with van der Waals surface area (Å²) in [7, 11) is 0. The zero-order valence-electron chi connectivity index (χ0n) is 5.74. The molecule has 0 spiro atoms. The molecule has 0 N–H and O–H groups in total. The average molecular weight is 228 g/mol. The minimum Gasteiger partial charge on any atom is -0.0893 e. The van der Waals surface area contributed by atoms with Crippen molar-refractivity contribution in [2.24, 2.45) is 5.11 Å². The number of nitrogens with zero attached hydrogens (tertiary/aromatic N) is 3. The van der Waals surface area contributed by atoms with E-state index in [0.717, 1.165) is 10.0 Å². The van der Waals surface area contributed by atoms with Crippen LogP contribution in [0.5, 0.6) is 0 Å². The first-order chi connectivity index (χ1) is 5.33. The second-order valence-electron chi connectivity index (χ2n) is 2.02. The van der Waals surface area contributed by atoms with Crippen molar-refractivity contribution in [1.29, 1.82) is 0 Å². The van der Waals surface area contributed by atoms with Gasteiger partial charge >= 0.3 is 0 Å². The lowest BCUT2D eigenvalue weighted by molar-refractivity contribution is 1.05. The van der Waals surface area contributed by atoms with E-state index < -0.39 is 0 Å². The Bertz CT molecular complexity index is 292. The summed E-state index contributed by atoms with van der Waals surface area (Å²) in [6.45, 7) is 0.413. The SMILES string of the molecule is C.[N-]=[N+]=NCc1cccc(Br)c1. The Labute approximate surface area is 80.2 Å². The van der Waals surface area contributed by atoms with E-state index in [2.05, 4.69) is 26.0 Å². The van der Waals surface area contributed by atoms with Gasteiger partial charge in [-0.05, 0) is 23.2 Å². The smallest absolute Gasteiger partial charge is 0.0511 e. The van der Waals surface area contributed by atoms with E-state index in [1.54, 1.807) is 0 Å². The molecule has 1 rings (SSSR count). The molecule has 0 radical (unpaired) electrons. The third-order valence-corrected chi connectivity index (χ3v) is 1.70. The summed E-state index contributed by atoms with van der Waals surface area (Å²) in [6, 6.07) is 7.68. The third-order valence-electron chi connectivity index (χ3n) is 1.21. The largest absolute Gasteiger partial charge is 0.0893 e. The van der Waals surface area contributed by atoms with Crippen LogP contribution in [-0.4, -0.2) is 0 Å². The standard InChI is InChI=1S/C7H6BrN3.CH4/c8-7-3-1-2-6(4-7)5-10-11-9;/h1-4H,5H2;1H4. The minimum atomic E-state index is 0.